The standard InChI is InChI=1S/C8H14O/c1-7(2)5-8(6-7)3-4-9-8/h3-6H2,1-2H3. The van der Waals surface area contributed by atoms with Crippen molar-refractivity contribution in [1.29, 1.82) is 0 Å². The summed E-state index contributed by atoms with van der Waals surface area (Å²) in [5.41, 5.74) is 0.962. The lowest BCUT2D eigenvalue weighted by molar-refractivity contribution is -0.235. The van der Waals surface area contributed by atoms with E-state index in [1.807, 2.05) is 0 Å². The fourth-order valence-corrected chi connectivity index (χ4v) is 2.36. The highest BCUT2D eigenvalue weighted by atomic mass is 16.5. The van der Waals surface area contributed by atoms with Gasteiger partial charge in [-0.05, 0) is 24.7 Å². The highest BCUT2D eigenvalue weighted by Gasteiger charge is 2.53. The van der Waals surface area contributed by atoms with Crippen LogP contribution in [0.2, 0.25) is 0 Å². The highest BCUT2D eigenvalue weighted by molar-refractivity contribution is 5.04. The van der Waals surface area contributed by atoms with Crippen LogP contribution in [0.4, 0.5) is 0 Å². The molecule has 1 aliphatic heterocycles. The zero-order valence-corrected chi connectivity index (χ0v) is 6.24. The highest BCUT2D eigenvalue weighted by Crippen LogP contribution is 2.55. The van der Waals surface area contributed by atoms with Gasteiger partial charge in [-0.25, -0.2) is 0 Å². The van der Waals surface area contributed by atoms with Gasteiger partial charge in [0.2, 0.25) is 0 Å². The minimum Gasteiger partial charge on any atom is -0.375 e. The summed E-state index contributed by atoms with van der Waals surface area (Å²) >= 11 is 0. The average molecular weight is 126 g/mol. The van der Waals surface area contributed by atoms with Crippen molar-refractivity contribution < 1.29 is 4.74 Å². The fourth-order valence-electron chi connectivity index (χ4n) is 2.36. The van der Waals surface area contributed by atoms with Gasteiger partial charge in [0.05, 0.1) is 12.2 Å². The van der Waals surface area contributed by atoms with E-state index >= 15 is 0 Å². The Bertz CT molecular complexity index is 124. The number of rotatable bonds is 0. The molecule has 0 aromatic rings. The molecular formula is C8H14O. The van der Waals surface area contributed by atoms with Crippen molar-refractivity contribution in [3.63, 3.8) is 0 Å². The maximum Gasteiger partial charge on any atom is 0.0714 e. The summed E-state index contributed by atoms with van der Waals surface area (Å²) in [5, 5.41) is 0. The molecule has 1 heterocycles. The molecule has 52 valence electrons. The van der Waals surface area contributed by atoms with Gasteiger partial charge >= 0.3 is 0 Å². The van der Waals surface area contributed by atoms with E-state index in [1.165, 1.54) is 19.3 Å². The molecule has 0 atom stereocenters. The Labute approximate surface area is 56.4 Å². The molecule has 2 fully saturated rings. The monoisotopic (exact) mass is 126 g/mol. The van der Waals surface area contributed by atoms with E-state index in [-0.39, 0.29) is 0 Å². The Balaban J connectivity index is 1.96. The second kappa shape index (κ2) is 1.34. The number of ether oxygens (including phenoxy) is 1. The molecule has 0 unspecified atom stereocenters. The molecule has 1 saturated heterocycles. The normalized spacial score (nSPS) is 35.3. The SMILES string of the molecule is CC1(C)CC2(CCO2)C1. The lowest BCUT2D eigenvalue weighted by Gasteiger charge is -2.58. The molecule has 0 amide bonds. The molecule has 1 heteroatoms. The average Bonchev–Trinajstić information content (AvgIpc) is 1.54. The minimum absolute atomic E-state index is 0.378. The smallest absolute Gasteiger partial charge is 0.0714 e. The summed E-state index contributed by atoms with van der Waals surface area (Å²) in [6, 6.07) is 0. The van der Waals surface area contributed by atoms with Crippen LogP contribution >= 0.6 is 0 Å². The zero-order valence-electron chi connectivity index (χ0n) is 6.24. The molecule has 1 aliphatic carbocycles. The van der Waals surface area contributed by atoms with Crippen LogP contribution in [0.3, 0.4) is 0 Å². The quantitative estimate of drug-likeness (QED) is 0.482. The number of hydrogen-bond donors (Lipinski definition) is 0. The van der Waals surface area contributed by atoms with E-state index in [1.54, 1.807) is 0 Å². The molecule has 9 heavy (non-hydrogen) atoms. The molecule has 1 saturated carbocycles. The maximum atomic E-state index is 5.49. The van der Waals surface area contributed by atoms with E-state index in [0.29, 0.717) is 11.0 Å². The second-order valence-electron chi connectivity index (χ2n) is 4.30. The lowest BCUT2D eigenvalue weighted by Crippen LogP contribution is -2.57. The van der Waals surface area contributed by atoms with E-state index in [2.05, 4.69) is 13.8 Å². The van der Waals surface area contributed by atoms with Gasteiger partial charge in [-0.1, -0.05) is 13.8 Å². The molecule has 0 aromatic heterocycles. The second-order valence-corrected chi connectivity index (χ2v) is 4.30. The Hall–Kier alpha value is -0.0400. The van der Waals surface area contributed by atoms with Crippen molar-refractivity contribution in [3.8, 4) is 0 Å². The van der Waals surface area contributed by atoms with Gasteiger partial charge in [-0.3, -0.25) is 0 Å². The van der Waals surface area contributed by atoms with Gasteiger partial charge in [0.1, 0.15) is 0 Å². The third-order valence-corrected chi connectivity index (χ3v) is 2.57. The van der Waals surface area contributed by atoms with Crippen molar-refractivity contribution in [2.45, 2.75) is 38.7 Å². The van der Waals surface area contributed by atoms with Crippen LogP contribution in [0.15, 0.2) is 0 Å². The van der Waals surface area contributed by atoms with Crippen LogP contribution in [0.1, 0.15) is 33.1 Å². The first-order valence-corrected chi connectivity index (χ1v) is 3.76. The molecular weight excluding hydrogens is 112 g/mol. The first kappa shape index (κ1) is 5.72. The predicted octanol–water partition coefficient (Wildman–Crippen LogP) is 1.97. The summed E-state index contributed by atoms with van der Waals surface area (Å²) in [4.78, 5) is 0. The first-order valence-electron chi connectivity index (χ1n) is 3.76. The van der Waals surface area contributed by atoms with E-state index in [4.69, 9.17) is 4.74 Å². The van der Waals surface area contributed by atoms with Crippen molar-refractivity contribution in [2.24, 2.45) is 5.41 Å². The Morgan fingerprint density at radius 1 is 1.22 bits per heavy atom. The predicted molar refractivity (Wildman–Crippen MR) is 36.3 cm³/mol. The van der Waals surface area contributed by atoms with Gasteiger partial charge in [-0.2, -0.15) is 0 Å². The van der Waals surface area contributed by atoms with Crippen LogP contribution in [0.5, 0.6) is 0 Å². The molecule has 0 N–H and O–H groups in total. The summed E-state index contributed by atoms with van der Waals surface area (Å²) in [6.45, 7) is 5.65. The minimum atomic E-state index is 0.378. The maximum absolute atomic E-state index is 5.49. The van der Waals surface area contributed by atoms with Crippen LogP contribution in [-0.4, -0.2) is 12.2 Å². The molecule has 2 aliphatic rings. The summed E-state index contributed by atoms with van der Waals surface area (Å²) in [6.07, 6.45) is 3.90. The van der Waals surface area contributed by atoms with Gasteiger partial charge in [0, 0.05) is 0 Å². The third kappa shape index (κ3) is 0.710. The van der Waals surface area contributed by atoms with Crippen molar-refractivity contribution in [3.05, 3.63) is 0 Å². The van der Waals surface area contributed by atoms with Crippen LogP contribution in [0.25, 0.3) is 0 Å². The van der Waals surface area contributed by atoms with Crippen molar-refractivity contribution in [1.82, 2.24) is 0 Å². The third-order valence-electron chi connectivity index (χ3n) is 2.57. The van der Waals surface area contributed by atoms with Crippen molar-refractivity contribution in [2.75, 3.05) is 6.61 Å². The molecule has 0 aromatic carbocycles. The largest absolute Gasteiger partial charge is 0.375 e. The summed E-state index contributed by atoms with van der Waals surface area (Å²) in [5.74, 6) is 0. The lowest BCUT2D eigenvalue weighted by atomic mass is 9.58. The van der Waals surface area contributed by atoms with Crippen LogP contribution < -0.4 is 0 Å². The van der Waals surface area contributed by atoms with E-state index in [0.717, 1.165) is 6.61 Å². The number of hydrogen-bond acceptors (Lipinski definition) is 1. The molecule has 1 spiro atoms. The van der Waals surface area contributed by atoms with E-state index in [9.17, 15) is 0 Å². The zero-order chi connectivity index (χ0) is 6.54. The molecule has 0 radical (unpaired) electrons. The van der Waals surface area contributed by atoms with Gasteiger partial charge < -0.3 is 4.74 Å². The Morgan fingerprint density at radius 2 is 1.78 bits per heavy atom. The van der Waals surface area contributed by atoms with E-state index < -0.39 is 0 Å². The topological polar surface area (TPSA) is 9.23 Å². The van der Waals surface area contributed by atoms with Gasteiger partial charge in [0.15, 0.2) is 0 Å². The molecule has 0 bridgehead atoms. The Morgan fingerprint density at radius 3 is 1.89 bits per heavy atom. The molecule has 2 rings (SSSR count). The Kier molecular flexibility index (Phi) is 0.852. The summed E-state index contributed by atoms with van der Waals surface area (Å²) < 4.78 is 5.49. The molecule has 1 nitrogen and oxygen atoms in total. The summed E-state index contributed by atoms with van der Waals surface area (Å²) in [7, 11) is 0. The van der Waals surface area contributed by atoms with Gasteiger partial charge in [-0.15, -0.1) is 0 Å². The van der Waals surface area contributed by atoms with Crippen LogP contribution in [-0.2, 0) is 4.74 Å². The van der Waals surface area contributed by atoms with Crippen LogP contribution in [0, 0.1) is 5.41 Å². The van der Waals surface area contributed by atoms with Crippen molar-refractivity contribution >= 4 is 0 Å². The first-order chi connectivity index (χ1) is 4.12. The fraction of sp³-hybridized carbons (Fsp3) is 1.00. The van der Waals surface area contributed by atoms with Gasteiger partial charge in [0.25, 0.3) is 0 Å².